The Balaban J connectivity index is 1.68. The Morgan fingerprint density at radius 3 is 2.65 bits per heavy atom. The third kappa shape index (κ3) is 3.11. The second-order valence-corrected chi connectivity index (χ2v) is 8.07. The number of benzene rings is 1. The van der Waals surface area contributed by atoms with Crippen LogP contribution in [0.1, 0.15) is 59.3 Å². The van der Waals surface area contributed by atoms with Crippen molar-refractivity contribution in [1.82, 2.24) is 9.88 Å². The number of rotatable bonds is 1. The summed E-state index contributed by atoms with van der Waals surface area (Å²) in [7, 11) is 0. The largest absolute Gasteiger partial charge is 0.375 e. The van der Waals surface area contributed by atoms with Crippen LogP contribution in [-0.2, 0) is 4.74 Å². The number of aryl methyl sites for hydroxylation is 3. The molecule has 0 aliphatic carbocycles. The lowest BCUT2D eigenvalue weighted by molar-refractivity contribution is -0.00691. The number of amides is 1. The summed E-state index contributed by atoms with van der Waals surface area (Å²) in [5.41, 5.74) is 4.97. The van der Waals surface area contributed by atoms with Crippen LogP contribution in [0.5, 0.6) is 0 Å². The van der Waals surface area contributed by atoms with E-state index >= 15 is 0 Å². The van der Waals surface area contributed by atoms with Gasteiger partial charge in [0.1, 0.15) is 0 Å². The number of hydrogen-bond donors (Lipinski definition) is 0. The van der Waals surface area contributed by atoms with Gasteiger partial charge in [0.25, 0.3) is 5.91 Å². The van der Waals surface area contributed by atoms with Crippen molar-refractivity contribution in [2.24, 2.45) is 0 Å². The first-order valence-corrected chi connectivity index (χ1v) is 9.79. The van der Waals surface area contributed by atoms with E-state index in [4.69, 9.17) is 9.72 Å². The van der Waals surface area contributed by atoms with Crippen LogP contribution in [0.15, 0.2) is 18.2 Å². The van der Waals surface area contributed by atoms with E-state index in [1.165, 1.54) is 5.56 Å². The Morgan fingerprint density at radius 1 is 1.08 bits per heavy atom. The molecule has 1 aromatic heterocycles. The summed E-state index contributed by atoms with van der Waals surface area (Å²) >= 11 is 0. The van der Waals surface area contributed by atoms with Crippen molar-refractivity contribution in [3.05, 3.63) is 40.6 Å². The minimum absolute atomic E-state index is 0.0262. The third-order valence-corrected chi connectivity index (χ3v) is 5.98. The molecule has 2 aromatic rings. The molecule has 1 atom stereocenters. The van der Waals surface area contributed by atoms with Crippen molar-refractivity contribution in [2.75, 3.05) is 19.7 Å². The number of fused-ring (bicyclic) bond motifs is 1. The summed E-state index contributed by atoms with van der Waals surface area (Å²) in [6.07, 6.45) is 5.35. The van der Waals surface area contributed by atoms with Crippen LogP contribution in [0.3, 0.4) is 0 Å². The number of aromatic nitrogens is 1. The average Bonchev–Trinajstić information content (AvgIpc) is 2.95. The van der Waals surface area contributed by atoms with Crippen LogP contribution >= 0.6 is 0 Å². The molecule has 1 spiro atoms. The molecule has 0 unspecified atom stereocenters. The first-order valence-electron chi connectivity index (χ1n) is 9.79. The third-order valence-electron chi connectivity index (χ3n) is 5.98. The van der Waals surface area contributed by atoms with E-state index in [-0.39, 0.29) is 11.5 Å². The van der Waals surface area contributed by atoms with Gasteiger partial charge in [-0.25, -0.2) is 0 Å². The van der Waals surface area contributed by atoms with Gasteiger partial charge in [-0.15, -0.1) is 0 Å². The highest BCUT2D eigenvalue weighted by molar-refractivity contribution is 6.07. The molecule has 2 saturated heterocycles. The van der Waals surface area contributed by atoms with E-state index in [2.05, 4.69) is 26.0 Å². The van der Waals surface area contributed by atoms with Gasteiger partial charge in [-0.2, -0.15) is 0 Å². The number of ether oxygens (including phenoxy) is 1. The molecule has 2 aliphatic rings. The first kappa shape index (κ1) is 17.5. The Bertz CT molecular complexity index is 853. The van der Waals surface area contributed by atoms with Gasteiger partial charge < -0.3 is 9.64 Å². The molecule has 4 rings (SSSR count). The van der Waals surface area contributed by atoms with Gasteiger partial charge in [-0.3, -0.25) is 9.78 Å². The molecule has 26 heavy (non-hydrogen) atoms. The molecule has 4 nitrogen and oxygen atoms in total. The van der Waals surface area contributed by atoms with Gasteiger partial charge in [-0.05, 0) is 70.6 Å². The predicted molar refractivity (Wildman–Crippen MR) is 104 cm³/mol. The molecule has 1 aromatic carbocycles. The van der Waals surface area contributed by atoms with Crippen molar-refractivity contribution >= 4 is 16.8 Å². The topological polar surface area (TPSA) is 42.4 Å². The maximum absolute atomic E-state index is 13.4. The number of carbonyl (C=O) groups excluding carboxylic acids is 1. The molecule has 0 bridgehead atoms. The number of carbonyl (C=O) groups is 1. The van der Waals surface area contributed by atoms with Crippen LogP contribution in [0.4, 0.5) is 0 Å². The summed E-state index contributed by atoms with van der Waals surface area (Å²) in [4.78, 5) is 20.1. The van der Waals surface area contributed by atoms with E-state index in [1.807, 2.05) is 17.9 Å². The van der Waals surface area contributed by atoms with Gasteiger partial charge in [-0.1, -0.05) is 11.6 Å². The molecule has 138 valence electrons. The Morgan fingerprint density at radius 2 is 1.88 bits per heavy atom. The second-order valence-electron chi connectivity index (χ2n) is 8.07. The summed E-state index contributed by atoms with van der Waals surface area (Å²) in [5.74, 6) is 0.139. The fourth-order valence-corrected chi connectivity index (χ4v) is 4.68. The average molecular weight is 352 g/mol. The lowest BCUT2D eigenvalue weighted by Crippen LogP contribution is -2.34. The van der Waals surface area contributed by atoms with Crippen molar-refractivity contribution in [2.45, 2.75) is 58.5 Å². The van der Waals surface area contributed by atoms with E-state index in [1.54, 1.807) is 0 Å². The first-order chi connectivity index (χ1) is 12.5. The lowest BCUT2D eigenvalue weighted by atomic mass is 9.92. The number of nitrogens with zero attached hydrogens (tertiary/aromatic N) is 2. The highest BCUT2D eigenvalue weighted by Crippen LogP contribution is 2.36. The number of pyridine rings is 1. The van der Waals surface area contributed by atoms with E-state index in [0.29, 0.717) is 0 Å². The predicted octanol–water partition coefficient (Wildman–Crippen LogP) is 4.34. The van der Waals surface area contributed by atoms with Crippen molar-refractivity contribution in [3.8, 4) is 0 Å². The Labute approximate surface area is 155 Å². The monoisotopic (exact) mass is 352 g/mol. The standard InChI is InChI=1S/C22H28N2O2/c1-15-12-16(2)20-18(13-15)19(14-17(3)23-20)21(25)24-9-4-6-22(8-10-24)7-5-11-26-22/h12-14H,4-11H2,1-3H3/t22-/m1/s1. The highest BCUT2D eigenvalue weighted by Gasteiger charge is 2.37. The van der Waals surface area contributed by atoms with Crippen LogP contribution < -0.4 is 0 Å². The SMILES string of the molecule is Cc1cc(C)c2nc(C)cc(C(=O)N3CCC[C@@]4(CCCO4)CC3)c2c1. The minimum Gasteiger partial charge on any atom is -0.375 e. The fraction of sp³-hybridized carbons (Fsp3) is 0.545. The number of hydrogen-bond acceptors (Lipinski definition) is 3. The molecular weight excluding hydrogens is 324 g/mol. The van der Waals surface area contributed by atoms with Gasteiger partial charge in [0, 0.05) is 30.8 Å². The maximum atomic E-state index is 13.4. The summed E-state index contributed by atoms with van der Waals surface area (Å²) in [5, 5.41) is 0.981. The quantitative estimate of drug-likeness (QED) is 0.767. The molecule has 4 heteroatoms. The van der Waals surface area contributed by atoms with Gasteiger partial charge in [0.2, 0.25) is 0 Å². The van der Waals surface area contributed by atoms with Crippen molar-refractivity contribution in [3.63, 3.8) is 0 Å². The van der Waals surface area contributed by atoms with Gasteiger partial charge in [0.15, 0.2) is 0 Å². The summed E-state index contributed by atoms with van der Waals surface area (Å²) < 4.78 is 6.07. The smallest absolute Gasteiger partial charge is 0.254 e. The lowest BCUT2D eigenvalue weighted by Gasteiger charge is -2.27. The fourth-order valence-electron chi connectivity index (χ4n) is 4.68. The second kappa shape index (κ2) is 6.66. The Kier molecular flexibility index (Phi) is 4.47. The van der Waals surface area contributed by atoms with E-state index in [0.717, 1.165) is 79.5 Å². The molecule has 0 N–H and O–H groups in total. The van der Waals surface area contributed by atoms with Crippen LogP contribution in [-0.4, -0.2) is 41.1 Å². The minimum atomic E-state index is 0.0262. The molecular formula is C22H28N2O2. The zero-order valence-electron chi connectivity index (χ0n) is 16.1. The Hall–Kier alpha value is -1.94. The molecule has 2 aliphatic heterocycles. The van der Waals surface area contributed by atoms with Crippen LogP contribution in [0.2, 0.25) is 0 Å². The zero-order chi connectivity index (χ0) is 18.3. The summed E-state index contributed by atoms with van der Waals surface area (Å²) in [6, 6.07) is 6.19. The molecule has 0 saturated carbocycles. The molecule has 1 amide bonds. The molecule has 3 heterocycles. The summed E-state index contributed by atoms with van der Waals surface area (Å²) in [6.45, 7) is 8.60. The van der Waals surface area contributed by atoms with Crippen LogP contribution in [0, 0.1) is 20.8 Å². The van der Waals surface area contributed by atoms with Crippen molar-refractivity contribution in [1.29, 1.82) is 0 Å². The molecule has 2 fully saturated rings. The highest BCUT2D eigenvalue weighted by atomic mass is 16.5. The van der Waals surface area contributed by atoms with E-state index in [9.17, 15) is 4.79 Å². The van der Waals surface area contributed by atoms with Gasteiger partial charge in [0.05, 0.1) is 16.7 Å². The van der Waals surface area contributed by atoms with Crippen LogP contribution in [0.25, 0.3) is 10.9 Å². The normalized spacial score (nSPS) is 23.6. The number of likely N-dealkylation sites (tertiary alicyclic amines) is 1. The molecule has 0 radical (unpaired) electrons. The maximum Gasteiger partial charge on any atom is 0.254 e. The van der Waals surface area contributed by atoms with E-state index < -0.39 is 0 Å². The van der Waals surface area contributed by atoms with Gasteiger partial charge >= 0.3 is 0 Å². The van der Waals surface area contributed by atoms with Crippen molar-refractivity contribution < 1.29 is 9.53 Å². The zero-order valence-corrected chi connectivity index (χ0v) is 16.1.